The van der Waals surface area contributed by atoms with Gasteiger partial charge in [0.2, 0.25) is 0 Å². The number of nitrogens with two attached hydrogens (primary N) is 1. The lowest BCUT2D eigenvalue weighted by molar-refractivity contribution is 0.144. The molecule has 0 saturated heterocycles. The van der Waals surface area contributed by atoms with Gasteiger partial charge < -0.3 is 0 Å². The van der Waals surface area contributed by atoms with E-state index < -0.39 is 0 Å². The number of nitrogens with one attached hydrogen (secondary N) is 1. The van der Waals surface area contributed by atoms with Gasteiger partial charge >= 0.3 is 0 Å². The van der Waals surface area contributed by atoms with E-state index >= 15 is 0 Å². The van der Waals surface area contributed by atoms with Crippen LogP contribution in [0.3, 0.4) is 0 Å². The minimum absolute atomic E-state index is 0.151. The Kier molecular flexibility index (Phi) is 5.83. The number of benzene rings is 1. The first-order chi connectivity index (χ1) is 10.2. The molecular weight excluding hydrogens is 256 g/mol. The zero-order chi connectivity index (χ0) is 15.3. The Bertz CT molecular complexity index is 411. The van der Waals surface area contributed by atoms with Crippen LogP contribution in [0.25, 0.3) is 0 Å². The number of hydrogen-bond donors (Lipinski definition) is 2. The van der Waals surface area contributed by atoms with Gasteiger partial charge in [-0.2, -0.15) is 0 Å². The van der Waals surface area contributed by atoms with Gasteiger partial charge in [-0.1, -0.05) is 63.9 Å². The van der Waals surface area contributed by atoms with Crippen molar-refractivity contribution in [3.05, 3.63) is 35.9 Å². The van der Waals surface area contributed by atoms with Crippen LogP contribution in [-0.2, 0) is 5.41 Å². The lowest BCUT2D eigenvalue weighted by Gasteiger charge is -2.46. The highest BCUT2D eigenvalue weighted by Gasteiger charge is 2.42. The summed E-state index contributed by atoms with van der Waals surface area (Å²) in [6, 6.07) is 11.4. The molecule has 2 heteroatoms. The summed E-state index contributed by atoms with van der Waals surface area (Å²) in [5.41, 5.74) is 4.83. The van der Waals surface area contributed by atoms with Gasteiger partial charge in [-0.15, -0.1) is 0 Å². The van der Waals surface area contributed by atoms with Crippen molar-refractivity contribution in [3.63, 3.8) is 0 Å². The van der Waals surface area contributed by atoms with Crippen molar-refractivity contribution in [2.45, 2.75) is 70.8 Å². The lowest BCUT2D eigenvalue weighted by Crippen LogP contribution is -2.55. The number of hydrogen-bond acceptors (Lipinski definition) is 2. The average Bonchev–Trinajstić information content (AvgIpc) is 2.53. The Morgan fingerprint density at radius 1 is 1.19 bits per heavy atom. The van der Waals surface area contributed by atoms with E-state index in [4.69, 9.17) is 5.84 Å². The van der Waals surface area contributed by atoms with E-state index in [0.29, 0.717) is 12.0 Å². The molecule has 2 rings (SSSR count). The first kappa shape index (κ1) is 16.5. The fourth-order valence-electron chi connectivity index (χ4n) is 4.58. The third-order valence-electron chi connectivity index (χ3n) is 5.83. The van der Waals surface area contributed by atoms with Gasteiger partial charge in [-0.3, -0.25) is 11.3 Å². The lowest BCUT2D eigenvalue weighted by atomic mass is 9.63. The van der Waals surface area contributed by atoms with Crippen molar-refractivity contribution in [2.75, 3.05) is 0 Å². The molecule has 0 aliphatic heterocycles. The summed E-state index contributed by atoms with van der Waals surface area (Å²) in [5.74, 6) is 7.60. The zero-order valence-corrected chi connectivity index (χ0v) is 13.9. The first-order valence-electron chi connectivity index (χ1n) is 8.69. The van der Waals surface area contributed by atoms with E-state index in [1.54, 1.807) is 0 Å². The molecule has 3 atom stereocenters. The molecule has 0 amide bonds. The highest BCUT2D eigenvalue weighted by molar-refractivity contribution is 5.28. The average molecular weight is 288 g/mol. The molecule has 3 N–H and O–H groups in total. The molecule has 1 aliphatic rings. The van der Waals surface area contributed by atoms with Crippen LogP contribution in [0.1, 0.15) is 64.9 Å². The normalized spacial score (nSPS) is 24.8. The molecule has 0 spiro atoms. The summed E-state index contributed by atoms with van der Waals surface area (Å²) in [7, 11) is 0. The molecule has 1 saturated carbocycles. The smallest absolute Gasteiger partial charge is 0.0335 e. The summed E-state index contributed by atoms with van der Waals surface area (Å²) in [6.07, 6.45) is 7.62. The highest BCUT2D eigenvalue weighted by atomic mass is 15.2. The van der Waals surface area contributed by atoms with Gasteiger partial charge in [0.25, 0.3) is 0 Å². The molecule has 1 aromatic rings. The topological polar surface area (TPSA) is 38.0 Å². The molecule has 118 valence electrons. The molecule has 0 aromatic heterocycles. The fraction of sp³-hybridized carbons (Fsp3) is 0.684. The molecule has 3 unspecified atom stereocenters. The van der Waals surface area contributed by atoms with Crippen molar-refractivity contribution in [2.24, 2.45) is 17.7 Å². The maximum absolute atomic E-state index is 6.07. The summed E-state index contributed by atoms with van der Waals surface area (Å²) >= 11 is 0. The van der Waals surface area contributed by atoms with Gasteiger partial charge in [0.1, 0.15) is 0 Å². The SMILES string of the molecule is CCC(CC)(c1ccccc1)C(NN)C1CCCC(C)C1. The molecule has 0 bridgehead atoms. The van der Waals surface area contributed by atoms with Crippen LogP contribution in [0.2, 0.25) is 0 Å². The molecule has 0 heterocycles. The summed E-state index contributed by atoms with van der Waals surface area (Å²) in [5, 5.41) is 0. The Hall–Kier alpha value is -0.860. The second kappa shape index (κ2) is 7.42. The van der Waals surface area contributed by atoms with Gasteiger partial charge in [0.15, 0.2) is 0 Å². The maximum atomic E-state index is 6.07. The molecule has 21 heavy (non-hydrogen) atoms. The van der Waals surface area contributed by atoms with E-state index in [0.717, 1.165) is 18.8 Å². The Labute approximate surface area is 130 Å². The van der Waals surface area contributed by atoms with Crippen molar-refractivity contribution >= 4 is 0 Å². The zero-order valence-electron chi connectivity index (χ0n) is 13.9. The molecular formula is C19H32N2. The highest BCUT2D eigenvalue weighted by Crippen LogP contribution is 2.42. The summed E-state index contributed by atoms with van der Waals surface area (Å²) < 4.78 is 0. The van der Waals surface area contributed by atoms with E-state index in [1.165, 1.54) is 31.2 Å². The third kappa shape index (κ3) is 3.32. The van der Waals surface area contributed by atoms with Crippen molar-refractivity contribution in [1.82, 2.24) is 5.43 Å². The van der Waals surface area contributed by atoms with Crippen LogP contribution in [0.4, 0.5) is 0 Å². The van der Waals surface area contributed by atoms with Crippen LogP contribution in [0.15, 0.2) is 30.3 Å². The van der Waals surface area contributed by atoms with Gasteiger partial charge in [0.05, 0.1) is 0 Å². The maximum Gasteiger partial charge on any atom is 0.0335 e. The van der Waals surface area contributed by atoms with Gasteiger partial charge in [0, 0.05) is 11.5 Å². The predicted molar refractivity (Wildman–Crippen MR) is 90.9 cm³/mol. The molecule has 1 aliphatic carbocycles. The third-order valence-corrected chi connectivity index (χ3v) is 5.83. The number of rotatable bonds is 6. The van der Waals surface area contributed by atoms with Crippen LogP contribution >= 0.6 is 0 Å². The van der Waals surface area contributed by atoms with Crippen molar-refractivity contribution in [3.8, 4) is 0 Å². The number of hydrazine groups is 1. The minimum atomic E-state index is 0.151. The summed E-state index contributed by atoms with van der Waals surface area (Å²) in [4.78, 5) is 0. The first-order valence-corrected chi connectivity index (χ1v) is 8.69. The predicted octanol–water partition coefficient (Wildman–Crippen LogP) is 4.40. The molecule has 2 nitrogen and oxygen atoms in total. The minimum Gasteiger partial charge on any atom is -0.271 e. The standard InChI is InChI=1S/C19H32N2/c1-4-19(5-2,17-12-7-6-8-13-17)18(21-20)16-11-9-10-15(3)14-16/h6-8,12-13,15-16,18,21H,4-5,9-11,14,20H2,1-3H3. The van der Waals surface area contributed by atoms with Crippen LogP contribution < -0.4 is 11.3 Å². The van der Waals surface area contributed by atoms with Crippen LogP contribution in [-0.4, -0.2) is 6.04 Å². The van der Waals surface area contributed by atoms with Crippen molar-refractivity contribution < 1.29 is 0 Å². The van der Waals surface area contributed by atoms with Gasteiger partial charge in [-0.05, 0) is 43.1 Å². The summed E-state index contributed by atoms with van der Waals surface area (Å²) in [6.45, 7) is 7.02. The molecule has 1 aromatic carbocycles. The second-order valence-corrected chi connectivity index (χ2v) is 6.91. The monoisotopic (exact) mass is 288 g/mol. The van der Waals surface area contributed by atoms with E-state index in [9.17, 15) is 0 Å². The van der Waals surface area contributed by atoms with E-state index in [-0.39, 0.29) is 5.41 Å². The molecule has 0 radical (unpaired) electrons. The Morgan fingerprint density at radius 2 is 1.86 bits per heavy atom. The van der Waals surface area contributed by atoms with E-state index in [2.05, 4.69) is 56.5 Å². The second-order valence-electron chi connectivity index (χ2n) is 6.91. The molecule has 1 fully saturated rings. The van der Waals surface area contributed by atoms with E-state index in [1.807, 2.05) is 0 Å². The Morgan fingerprint density at radius 3 is 2.38 bits per heavy atom. The van der Waals surface area contributed by atoms with Gasteiger partial charge in [-0.25, -0.2) is 0 Å². The fourth-order valence-corrected chi connectivity index (χ4v) is 4.58. The quantitative estimate of drug-likeness (QED) is 0.601. The Balaban J connectivity index is 2.34. The van der Waals surface area contributed by atoms with Crippen molar-refractivity contribution in [1.29, 1.82) is 0 Å². The van der Waals surface area contributed by atoms with Crippen LogP contribution in [0, 0.1) is 11.8 Å². The largest absolute Gasteiger partial charge is 0.271 e. The van der Waals surface area contributed by atoms with Crippen LogP contribution in [0.5, 0.6) is 0 Å².